The van der Waals surface area contributed by atoms with Crippen molar-refractivity contribution in [2.45, 2.75) is 20.5 Å². The molecule has 4 aromatic rings. The van der Waals surface area contributed by atoms with E-state index >= 15 is 0 Å². The fraction of sp³-hybridized carbons (Fsp3) is 0.222. The number of hydrogen-bond donors (Lipinski definition) is 2. The molecule has 1 amide bonds. The van der Waals surface area contributed by atoms with Gasteiger partial charge in [0.05, 0.1) is 28.6 Å². The number of benzene rings is 1. The molecule has 35 heavy (non-hydrogen) atoms. The molecule has 1 aromatic carbocycles. The molecule has 0 saturated heterocycles. The molecule has 3 aromatic heterocycles. The van der Waals surface area contributed by atoms with E-state index in [-0.39, 0.29) is 35.3 Å². The zero-order chi connectivity index (χ0) is 25.1. The highest BCUT2D eigenvalue weighted by molar-refractivity contribution is 6.00. The van der Waals surface area contributed by atoms with E-state index in [0.717, 1.165) is 0 Å². The van der Waals surface area contributed by atoms with Gasteiger partial charge in [-0.05, 0) is 36.3 Å². The van der Waals surface area contributed by atoms with E-state index in [4.69, 9.17) is 10.5 Å². The number of non-ortho nitro benzene ring substituents is 1. The van der Waals surface area contributed by atoms with Crippen LogP contribution in [0.3, 0.4) is 0 Å². The fourth-order valence-corrected chi connectivity index (χ4v) is 3.12. The molecule has 0 saturated carbocycles. The van der Waals surface area contributed by atoms with Gasteiger partial charge in [-0.15, -0.1) is 10.2 Å². The van der Waals surface area contributed by atoms with Gasteiger partial charge in [-0.1, -0.05) is 10.4 Å². The summed E-state index contributed by atoms with van der Waals surface area (Å²) in [7, 11) is 1.43. The molecular weight excluding hydrogens is 464 g/mol. The molecule has 0 aliphatic carbocycles. The number of hydrogen-bond acceptors (Lipinski definition) is 13. The average Bonchev–Trinajstić information content (AvgIpc) is 3.56. The van der Waals surface area contributed by atoms with E-state index in [1.165, 1.54) is 28.6 Å². The number of nitrogens with zero attached hydrogens (tertiary/aromatic N) is 10. The van der Waals surface area contributed by atoms with Crippen LogP contribution in [0.2, 0.25) is 0 Å². The van der Waals surface area contributed by atoms with Gasteiger partial charge in [-0.2, -0.15) is 9.78 Å². The third-order valence-corrected chi connectivity index (χ3v) is 4.82. The number of aromatic nitrogens is 8. The summed E-state index contributed by atoms with van der Waals surface area (Å²) >= 11 is 0. The van der Waals surface area contributed by atoms with Gasteiger partial charge in [0.15, 0.2) is 5.69 Å². The van der Waals surface area contributed by atoms with Crippen LogP contribution >= 0.6 is 0 Å². The van der Waals surface area contributed by atoms with Crippen molar-refractivity contribution < 1.29 is 19.1 Å². The third-order valence-electron chi connectivity index (χ3n) is 4.82. The van der Waals surface area contributed by atoms with E-state index in [1.54, 1.807) is 26.0 Å². The van der Waals surface area contributed by atoms with Crippen LogP contribution in [0.4, 0.5) is 11.5 Å². The predicted octanol–water partition coefficient (Wildman–Crippen LogP) is 0.330. The van der Waals surface area contributed by atoms with Crippen molar-refractivity contribution in [2.75, 3.05) is 12.8 Å². The Balaban J connectivity index is 1.55. The molecule has 17 heteroatoms. The van der Waals surface area contributed by atoms with Crippen LogP contribution in [-0.2, 0) is 11.3 Å². The maximum atomic E-state index is 12.8. The van der Waals surface area contributed by atoms with Crippen molar-refractivity contribution in [1.82, 2.24) is 45.7 Å². The second-order valence-electron chi connectivity index (χ2n) is 7.05. The molecule has 0 fully saturated rings. The molecule has 0 spiro atoms. The minimum absolute atomic E-state index is 0.0343. The third kappa shape index (κ3) is 4.42. The predicted molar refractivity (Wildman–Crippen MR) is 117 cm³/mol. The second-order valence-corrected chi connectivity index (χ2v) is 7.05. The van der Waals surface area contributed by atoms with Crippen molar-refractivity contribution in [3.63, 3.8) is 0 Å². The summed E-state index contributed by atoms with van der Waals surface area (Å²) < 4.78 is 12.4. The summed E-state index contributed by atoms with van der Waals surface area (Å²) in [5.74, 6) is -0.653. The quantitative estimate of drug-likeness (QED) is 0.197. The highest BCUT2D eigenvalue weighted by Gasteiger charge is 2.24. The summed E-state index contributed by atoms with van der Waals surface area (Å²) in [5.41, 5.74) is 10.2. The number of ether oxygens (including phenoxy) is 1. The zero-order valence-electron chi connectivity index (χ0n) is 18.6. The summed E-state index contributed by atoms with van der Waals surface area (Å²) in [5, 5.41) is 38.0. The number of carbonyl (C=O) groups excluding carboxylic acids is 1. The molecular formula is C18H18N12O5. The van der Waals surface area contributed by atoms with E-state index in [2.05, 4.69) is 46.1 Å². The normalized spacial score (nSPS) is 11.6. The molecule has 0 atom stereocenters. The van der Waals surface area contributed by atoms with Gasteiger partial charge in [0.1, 0.15) is 11.4 Å². The lowest BCUT2D eigenvalue weighted by molar-refractivity contribution is -0.384. The number of methoxy groups -OCH3 is 1. The number of carbonyl (C=O) groups is 1. The molecule has 0 radical (unpaired) electrons. The van der Waals surface area contributed by atoms with Gasteiger partial charge in [0.2, 0.25) is 11.6 Å². The molecule has 17 nitrogen and oxygen atoms in total. The molecule has 0 unspecified atom stereocenters. The first-order valence-corrected chi connectivity index (χ1v) is 9.85. The SMILES string of the molecule is COCc1c(C(=O)N/N=C(/C)c2nnn(-c3ccc([N+](=O)[O-])cc3)c2C)nnn1-c1nonc1N. The Morgan fingerprint density at radius 3 is 2.51 bits per heavy atom. The van der Waals surface area contributed by atoms with Gasteiger partial charge >= 0.3 is 0 Å². The highest BCUT2D eigenvalue weighted by Crippen LogP contribution is 2.18. The molecule has 4 rings (SSSR count). The number of rotatable bonds is 8. The van der Waals surface area contributed by atoms with Crippen LogP contribution in [0.15, 0.2) is 34.0 Å². The number of nitro benzene ring substituents is 1. The largest absolute Gasteiger partial charge is 0.378 e. The van der Waals surface area contributed by atoms with Crippen LogP contribution < -0.4 is 11.2 Å². The highest BCUT2D eigenvalue weighted by atomic mass is 16.6. The summed E-state index contributed by atoms with van der Waals surface area (Å²) in [6.45, 7) is 3.34. The maximum absolute atomic E-state index is 12.8. The van der Waals surface area contributed by atoms with Gasteiger partial charge in [0.25, 0.3) is 11.6 Å². The number of nitro groups is 1. The first kappa shape index (κ1) is 23.1. The molecule has 3 heterocycles. The molecule has 180 valence electrons. The first-order valence-electron chi connectivity index (χ1n) is 9.85. The van der Waals surface area contributed by atoms with E-state index in [0.29, 0.717) is 22.8 Å². The van der Waals surface area contributed by atoms with E-state index in [9.17, 15) is 14.9 Å². The van der Waals surface area contributed by atoms with Crippen LogP contribution in [-0.4, -0.2) is 64.0 Å². The number of nitrogens with two attached hydrogens (primary N) is 1. The van der Waals surface area contributed by atoms with E-state index in [1.807, 2.05) is 0 Å². The molecule has 0 aliphatic heterocycles. The van der Waals surface area contributed by atoms with Crippen molar-refractivity contribution in [1.29, 1.82) is 0 Å². The topological polar surface area (TPSA) is 220 Å². The van der Waals surface area contributed by atoms with Gasteiger partial charge < -0.3 is 10.5 Å². The number of nitrogens with one attached hydrogen (secondary N) is 1. The van der Waals surface area contributed by atoms with E-state index < -0.39 is 10.8 Å². The monoisotopic (exact) mass is 482 g/mol. The minimum Gasteiger partial charge on any atom is -0.378 e. The maximum Gasteiger partial charge on any atom is 0.293 e. The number of amides is 1. The Morgan fingerprint density at radius 1 is 1.20 bits per heavy atom. The Kier molecular flexibility index (Phi) is 6.23. The number of hydrazone groups is 1. The Labute approximate surface area is 195 Å². The average molecular weight is 482 g/mol. The lowest BCUT2D eigenvalue weighted by Crippen LogP contribution is -2.22. The van der Waals surface area contributed by atoms with Crippen LogP contribution in [0.25, 0.3) is 11.5 Å². The number of nitrogen functional groups attached to an aromatic ring is 1. The lowest BCUT2D eigenvalue weighted by atomic mass is 10.2. The fourth-order valence-electron chi connectivity index (χ4n) is 3.12. The van der Waals surface area contributed by atoms with Crippen LogP contribution in [0, 0.1) is 17.0 Å². The van der Waals surface area contributed by atoms with Crippen LogP contribution in [0.1, 0.15) is 34.5 Å². The van der Waals surface area contributed by atoms with Gasteiger partial charge in [0, 0.05) is 19.2 Å². The first-order chi connectivity index (χ1) is 16.8. The van der Waals surface area contributed by atoms with Gasteiger partial charge in [-0.3, -0.25) is 14.9 Å². The summed E-state index contributed by atoms with van der Waals surface area (Å²) in [4.78, 5) is 23.1. The minimum atomic E-state index is -0.668. The number of anilines is 1. The molecule has 0 aliphatic rings. The summed E-state index contributed by atoms with van der Waals surface area (Å²) in [6.07, 6.45) is 0. The Bertz CT molecular complexity index is 1420. The standard InChI is InChI=1S/C18H18N12O5/c1-9(14-10(2)28(26-21-14)11-4-6-12(7-5-11)30(32)33)20-23-18(31)15-13(8-34-3)29(27-22-15)17-16(19)24-35-25-17/h4-7H,8H2,1-3H3,(H2,19,24)(H,23,31)/b20-9-. The van der Waals surface area contributed by atoms with Crippen LogP contribution in [0.5, 0.6) is 0 Å². The van der Waals surface area contributed by atoms with Gasteiger partial charge in [-0.25, -0.2) is 14.7 Å². The Hall–Kier alpha value is -5.06. The van der Waals surface area contributed by atoms with Crippen molar-refractivity contribution in [3.05, 3.63) is 57.2 Å². The lowest BCUT2D eigenvalue weighted by Gasteiger charge is -2.05. The van der Waals surface area contributed by atoms with Crippen molar-refractivity contribution >= 4 is 23.1 Å². The summed E-state index contributed by atoms with van der Waals surface area (Å²) in [6, 6.07) is 5.83. The molecule has 3 N–H and O–H groups in total. The second kappa shape index (κ2) is 9.43. The smallest absolute Gasteiger partial charge is 0.293 e. The zero-order valence-corrected chi connectivity index (χ0v) is 18.6. The molecule has 0 bridgehead atoms. The van der Waals surface area contributed by atoms with Crippen molar-refractivity contribution in [3.8, 4) is 11.5 Å². The van der Waals surface area contributed by atoms with Crippen molar-refractivity contribution in [2.24, 2.45) is 5.10 Å². The Morgan fingerprint density at radius 2 is 1.89 bits per heavy atom.